The molecule has 1 aromatic heterocycles. The summed E-state index contributed by atoms with van der Waals surface area (Å²) in [6.07, 6.45) is 3.74. The lowest BCUT2D eigenvalue weighted by Crippen LogP contribution is -2.39. The molecular weight excluding hydrogens is 325 g/mol. The van der Waals surface area contributed by atoms with E-state index in [1.165, 1.54) is 28.4 Å². The Balaban J connectivity index is 2.42. The molecule has 0 saturated carbocycles. The van der Waals surface area contributed by atoms with E-state index >= 15 is 0 Å². The van der Waals surface area contributed by atoms with Gasteiger partial charge in [-0.15, -0.1) is 0 Å². The normalized spacial score (nSPS) is 12.1. The van der Waals surface area contributed by atoms with Crippen molar-refractivity contribution < 1.29 is 14.3 Å². The Morgan fingerprint density at radius 3 is 2.67 bits per heavy atom. The van der Waals surface area contributed by atoms with E-state index in [4.69, 9.17) is 0 Å². The summed E-state index contributed by atoms with van der Waals surface area (Å²) in [4.78, 5) is 13.4. The van der Waals surface area contributed by atoms with Crippen molar-refractivity contribution in [2.75, 3.05) is 4.90 Å². The first-order valence-electron chi connectivity index (χ1n) is 8.42. The molecular formula is C19H24FNO2S. The van der Waals surface area contributed by atoms with E-state index in [1.807, 2.05) is 23.8 Å². The van der Waals surface area contributed by atoms with Crippen LogP contribution in [0.15, 0.2) is 35.0 Å². The second-order valence-corrected chi connectivity index (χ2v) is 6.66. The largest absolute Gasteiger partial charge is 0.465 e. The maximum atomic E-state index is 13.8. The number of hydrogen-bond donors (Lipinski definition) is 1. The molecule has 0 fully saturated rings. The fraction of sp³-hybridized carbons (Fsp3) is 0.421. The molecule has 0 spiro atoms. The third-order valence-corrected chi connectivity index (χ3v) is 4.92. The highest BCUT2D eigenvalue weighted by Crippen LogP contribution is 2.35. The number of benzene rings is 1. The van der Waals surface area contributed by atoms with E-state index in [9.17, 15) is 14.3 Å². The van der Waals surface area contributed by atoms with Crippen LogP contribution in [0.2, 0.25) is 0 Å². The summed E-state index contributed by atoms with van der Waals surface area (Å²) < 4.78 is 13.8. The maximum absolute atomic E-state index is 13.8. The maximum Gasteiger partial charge on any atom is 0.412 e. The minimum Gasteiger partial charge on any atom is -0.465 e. The summed E-state index contributed by atoms with van der Waals surface area (Å²) >= 11 is 1.51. The first-order valence-corrected chi connectivity index (χ1v) is 9.37. The van der Waals surface area contributed by atoms with E-state index in [2.05, 4.69) is 6.92 Å². The minimum absolute atomic E-state index is 0.100. The van der Waals surface area contributed by atoms with Crippen LogP contribution in [0, 0.1) is 5.82 Å². The Labute approximate surface area is 146 Å². The van der Waals surface area contributed by atoms with Gasteiger partial charge in [-0.2, -0.15) is 11.3 Å². The predicted octanol–water partition coefficient (Wildman–Crippen LogP) is 6.40. The second-order valence-electron chi connectivity index (χ2n) is 5.88. The van der Waals surface area contributed by atoms with E-state index in [-0.39, 0.29) is 11.9 Å². The second kappa shape index (κ2) is 8.83. The summed E-state index contributed by atoms with van der Waals surface area (Å²) in [5.74, 6) is -0.357. The van der Waals surface area contributed by atoms with Crippen molar-refractivity contribution >= 4 is 23.1 Å². The molecule has 0 radical (unpaired) electrons. The number of halogens is 1. The number of carboxylic acid groups (broad SMARTS) is 1. The van der Waals surface area contributed by atoms with Crippen LogP contribution in [0.25, 0.3) is 11.1 Å². The topological polar surface area (TPSA) is 40.5 Å². The molecule has 2 rings (SSSR count). The van der Waals surface area contributed by atoms with Gasteiger partial charge in [0.1, 0.15) is 5.82 Å². The molecule has 5 heteroatoms. The van der Waals surface area contributed by atoms with Gasteiger partial charge >= 0.3 is 6.09 Å². The van der Waals surface area contributed by atoms with Crippen LogP contribution >= 0.6 is 11.3 Å². The van der Waals surface area contributed by atoms with Crippen LogP contribution in [0.5, 0.6) is 0 Å². The van der Waals surface area contributed by atoms with Gasteiger partial charge in [0, 0.05) is 11.6 Å². The quantitative estimate of drug-likeness (QED) is 0.560. The lowest BCUT2D eigenvalue weighted by Gasteiger charge is -2.30. The van der Waals surface area contributed by atoms with Gasteiger partial charge in [-0.3, -0.25) is 4.90 Å². The molecule has 1 amide bonds. The molecule has 0 aliphatic heterocycles. The average molecular weight is 349 g/mol. The lowest BCUT2D eigenvalue weighted by molar-refractivity contribution is 0.198. The van der Waals surface area contributed by atoms with E-state index < -0.39 is 6.09 Å². The van der Waals surface area contributed by atoms with Crippen LogP contribution in [0.4, 0.5) is 14.9 Å². The SMILES string of the molecule is CCCCCC(CC)N(C(=O)O)c1ccc(F)cc1-c1ccsc1. The Morgan fingerprint density at radius 1 is 1.29 bits per heavy atom. The number of thiophene rings is 1. The van der Waals surface area contributed by atoms with Crippen LogP contribution in [0.3, 0.4) is 0 Å². The Kier molecular flexibility index (Phi) is 6.79. The molecule has 1 heterocycles. The molecule has 0 aliphatic carbocycles. The fourth-order valence-electron chi connectivity index (χ4n) is 2.97. The predicted molar refractivity (Wildman–Crippen MR) is 98.4 cm³/mol. The van der Waals surface area contributed by atoms with Gasteiger partial charge in [-0.05, 0) is 53.4 Å². The first kappa shape index (κ1) is 18.5. The van der Waals surface area contributed by atoms with Gasteiger partial charge in [0.15, 0.2) is 0 Å². The number of hydrogen-bond acceptors (Lipinski definition) is 2. The summed E-state index contributed by atoms with van der Waals surface area (Å²) in [5.41, 5.74) is 2.04. The molecule has 1 unspecified atom stereocenters. The van der Waals surface area contributed by atoms with Gasteiger partial charge in [0.25, 0.3) is 0 Å². The summed E-state index contributed by atoms with van der Waals surface area (Å²) in [5, 5.41) is 13.6. The Hall–Kier alpha value is -1.88. The van der Waals surface area contributed by atoms with Crippen molar-refractivity contribution in [1.82, 2.24) is 0 Å². The third-order valence-electron chi connectivity index (χ3n) is 4.23. The van der Waals surface area contributed by atoms with Crippen molar-refractivity contribution in [3.8, 4) is 11.1 Å². The van der Waals surface area contributed by atoms with E-state index in [0.717, 1.165) is 37.7 Å². The number of unbranched alkanes of at least 4 members (excludes halogenated alkanes) is 2. The number of anilines is 1. The first-order chi connectivity index (χ1) is 11.6. The zero-order chi connectivity index (χ0) is 17.5. The number of rotatable bonds is 8. The molecule has 24 heavy (non-hydrogen) atoms. The highest BCUT2D eigenvalue weighted by atomic mass is 32.1. The molecule has 1 atom stereocenters. The van der Waals surface area contributed by atoms with Crippen LogP contribution in [-0.4, -0.2) is 17.2 Å². The zero-order valence-corrected chi connectivity index (χ0v) is 15.0. The van der Waals surface area contributed by atoms with Crippen LogP contribution in [0.1, 0.15) is 46.0 Å². The van der Waals surface area contributed by atoms with Crippen molar-refractivity contribution in [3.05, 3.63) is 40.8 Å². The summed E-state index contributed by atoms with van der Waals surface area (Å²) in [6.45, 7) is 4.13. The summed E-state index contributed by atoms with van der Waals surface area (Å²) in [7, 11) is 0. The van der Waals surface area contributed by atoms with Crippen molar-refractivity contribution in [1.29, 1.82) is 0 Å². The smallest absolute Gasteiger partial charge is 0.412 e. The Morgan fingerprint density at radius 2 is 2.08 bits per heavy atom. The average Bonchev–Trinajstić information content (AvgIpc) is 3.09. The van der Waals surface area contributed by atoms with Gasteiger partial charge in [0.2, 0.25) is 0 Å². The van der Waals surface area contributed by atoms with E-state index in [1.54, 1.807) is 6.07 Å². The monoisotopic (exact) mass is 349 g/mol. The molecule has 2 aromatic rings. The molecule has 1 N–H and O–H groups in total. The molecule has 130 valence electrons. The van der Waals surface area contributed by atoms with Gasteiger partial charge in [-0.1, -0.05) is 33.1 Å². The highest BCUT2D eigenvalue weighted by molar-refractivity contribution is 7.08. The molecule has 0 bridgehead atoms. The van der Waals surface area contributed by atoms with Crippen LogP contribution < -0.4 is 4.90 Å². The van der Waals surface area contributed by atoms with Crippen molar-refractivity contribution in [2.24, 2.45) is 0 Å². The van der Waals surface area contributed by atoms with Gasteiger partial charge in [0.05, 0.1) is 5.69 Å². The standard InChI is InChI=1S/C19H24FNO2S/c1-3-5-6-7-16(4-2)21(19(22)23)18-9-8-15(20)12-17(18)14-10-11-24-13-14/h8-13,16H,3-7H2,1-2H3,(H,22,23). The van der Waals surface area contributed by atoms with Crippen LogP contribution in [-0.2, 0) is 0 Å². The lowest BCUT2D eigenvalue weighted by atomic mass is 10.0. The molecule has 0 saturated heterocycles. The minimum atomic E-state index is -0.985. The van der Waals surface area contributed by atoms with E-state index in [0.29, 0.717) is 11.3 Å². The molecule has 0 aliphatic rings. The Bertz CT molecular complexity index is 657. The van der Waals surface area contributed by atoms with Gasteiger partial charge in [-0.25, -0.2) is 9.18 Å². The third kappa shape index (κ3) is 4.35. The molecule has 3 nitrogen and oxygen atoms in total. The number of amides is 1. The van der Waals surface area contributed by atoms with Crippen molar-refractivity contribution in [3.63, 3.8) is 0 Å². The highest BCUT2D eigenvalue weighted by Gasteiger charge is 2.26. The molecule has 1 aromatic carbocycles. The van der Waals surface area contributed by atoms with Gasteiger partial charge < -0.3 is 5.11 Å². The van der Waals surface area contributed by atoms with Crippen molar-refractivity contribution in [2.45, 2.75) is 52.0 Å². The number of nitrogens with zero attached hydrogens (tertiary/aromatic N) is 1. The fourth-order valence-corrected chi connectivity index (χ4v) is 3.62. The summed E-state index contributed by atoms with van der Waals surface area (Å²) in [6, 6.07) is 6.13. The number of carbonyl (C=O) groups is 1. The zero-order valence-electron chi connectivity index (χ0n) is 14.2.